The van der Waals surface area contributed by atoms with Crippen molar-refractivity contribution in [3.8, 4) is 0 Å². The van der Waals surface area contributed by atoms with Crippen LogP contribution >= 0.6 is 0 Å². The molecule has 0 saturated heterocycles. The minimum absolute atomic E-state index is 0.560. The number of hydrogen-bond acceptors (Lipinski definition) is 2. The minimum atomic E-state index is -0.899. The Morgan fingerprint density at radius 2 is 1.15 bits per heavy atom. The molecule has 0 bridgehead atoms. The first-order valence-electron chi connectivity index (χ1n) is 6.40. The van der Waals surface area contributed by atoms with Crippen molar-refractivity contribution in [2.24, 2.45) is 0 Å². The van der Waals surface area contributed by atoms with Gasteiger partial charge in [0.25, 0.3) is 0 Å². The average Bonchev–Trinajstić information content (AvgIpc) is 2.41. The standard InChI is InChI=1S/C16H18O2S2/c1-19(17)11-15-7-9-16(10-8-15)13-20(18)12-14-5-3-2-4-6-14/h2-10H,11-13H2,1H3. The second kappa shape index (κ2) is 7.50. The topological polar surface area (TPSA) is 34.1 Å². The molecule has 2 rings (SSSR count). The van der Waals surface area contributed by atoms with Gasteiger partial charge in [-0.05, 0) is 16.7 Å². The van der Waals surface area contributed by atoms with Crippen LogP contribution in [0.4, 0.5) is 0 Å². The molecule has 106 valence electrons. The molecule has 0 saturated carbocycles. The summed E-state index contributed by atoms with van der Waals surface area (Å²) < 4.78 is 23.2. The summed E-state index contributed by atoms with van der Waals surface area (Å²) in [5.41, 5.74) is 3.22. The summed E-state index contributed by atoms with van der Waals surface area (Å²) >= 11 is 0. The van der Waals surface area contributed by atoms with Gasteiger partial charge in [-0.15, -0.1) is 0 Å². The van der Waals surface area contributed by atoms with Gasteiger partial charge in [-0.3, -0.25) is 8.42 Å². The van der Waals surface area contributed by atoms with Crippen LogP contribution < -0.4 is 0 Å². The third-order valence-electron chi connectivity index (χ3n) is 2.89. The second-order valence-corrected chi connectivity index (χ2v) is 7.64. The molecular formula is C16H18O2S2. The summed E-state index contributed by atoms with van der Waals surface area (Å²) in [5, 5.41) is 0. The van der Waals surface area contributed by atoms with E-state index in [0.29, 0.717) is 17.3 Å². The zero-order chi connectivity index (χ0) is 14.4. The Morgan fingerprint density at radius 3 is 1.65 bits per heavy atom. The van der Waals surface area contributed by atoms with Crippen molar-refractivity contribution in [3.05, 3.63) is 71.3 Å². The fourth-order valence-electron chi connectivity index (χ4n) is 1.96. The summed E-state index contributed by atoms with van der Waals surface area (Å²) in [7, 11) is -1.72. The summed E-state index contributed by atoms with van der Waals surface area (Å²) in [6.07, 6.45) is 1.70. The quantitative estimate of drug-likeness (QED) is 0.822. The van der Waals surface area contributed by atoms with Crippen LogP contribution in [0.5, 0.6) is 0 Å². The maximum Gasteiger partial charge on any atom is 0.0489 e. The van der Waals surface area contributed by atoms with Crippen molar-refractivity contribution >= 4 is 21.6 Å². The smallest absolute Gasteiger partial charge is 0.0489 e. The van der Waals surface area contributed by atoms with Gasteiger partial charge < -0.3 is 0 Å². The van der Waals surface area contributed by atoms with E-state index in [1.807, 2.05) is 54.6 Å². The van der Waals surface area contributed by atoms with Crippen molar-refractivity contribution in [2.75, 3.05) is 6.26 Å². The highest BCUT2D eigenvalue weighted by atomic mass is 32.2. The minimum Gasteiger partial charge on any atom is -0.260 e. The van der Waals surface area contributed by atoms with E-state index in [-0.39, 0.29) is 0 Å². The molecular weight excluding hydrogens is 288 g/mol. The molecule has 0 aliphatic carbocycles. The van der Waals surface area contributed by atoms with Crippen LogP contribution in [0.3, 0.4) is 0 Å². The van der Waals surface area contributed by atoms with Crippen LogP contribution in [-0.2, 0) is 38.9 Å². The van der Waals surface area contributed by atoms with E-state index in [0.717, 1.165) is 16.7 Å². The molecule has 0 N–H and O–H groups in total. The molecule has 4 heteroatoms. The summed E-state index contributed by atoms with van der Waals surface area (Å²) in [4.78, 5) is 0. The first kappa shape index (κ1) is 15.1. The predicted molar refractivity (Wildman–Crippen MR) is 86.2 cm³/mol. The SMILES string of the molecule is CS(=O)Cc1ccc(CS(=O)Cc2ccccc2)cc1. The molecule has 0 heterocycles. The van der Waals surface area contributed by atoms with Crippen molar-refractivity contribution in [1.29, 1.82) is 0 Å². The monoisotopic (exact) mass is 306 g/mol. The van der Waals surface area contributed by atoms with E-state index in [1.165, 1.54) is 0 Å². The lowest BCUT2D eigenvalue weighted by Crippen LogP contribution is -2.00. The molecule has 0 aromatic heterocycles. The fourth-order valence-corrected chi connectivity index (χ4v) is 3.86. The van der Waals surface area contributed by atoms with Crippen LogP contribution in [0.2, 0.25) is 0 Å². The number of rotatable bonds is 6. The molecule has 2 aromatic rings. The molecule has 2 aromatic carbocycles. The van der Waals surface area contributed by atoms with E-state index in [1.54, 1.807) is 6.26 Å². The van der Waals surface area contributed by atoms with Crippen LogP contribution in [-0.4, -0.2) is 14.7 Å². The number of benzene rings is 2. The van der Waals surface area contributed by atoms with Gasteiger partial charge in [0.05, 0.1) is 0 Å². The van der Waals surface area contributed by atoms with E-state index >= 15 is 0 Å². The summed E-state index contributed by atoms with van der Waals surface area (Å²) in [6.45, 7) is 0. The highest BCUT2D eigenvalue weighted by Gasteiger charge is 2.04. The van der Waals surface area contributed by atoms with Gasteiger partial charge in [0.1, 0.15) is 0 Å². The van der Waals surface area contributed by atoms with Crippen LogP contribution in [0.1, 0.15) is 16.7 Å². The van der Waals surface area contributed by atoms with Crippen LogP contribution in [0.25, 0.3) is 0 Å². The summed E-state index contributed by atoms with van der Waals surface area (Å²) in [5.74, 6) is 1.72. The van der Waals surface area contributed by atoms with Crippen molar-refractivity contribution in [3.63, 3.8) is 0 Å². The molecule has 0 spiro atoms. The molecule has 0 fully saturated rings. The molecule has 20 heavy (non-hydrogen) atoms. The molecule has 0 radical (unpaired) electrons. The van der Waals surface area contributed by atoms with Crippen molar-refractivity contribution in [1.82, 2.24) is 0 Å². The zero-order valence-corrected chi connectivity index (χ0v) is 13.1. The average molecular weight is 306 g/mol. The van der Waals surface area contributed by atoms with Crippen LogP contribution in [0.15, 0.2) is 54.6 Å². The molecule has 0 aliphatic rings. The largest absolute Gasteiger partial charge is 0.260 e. The maximum atomic E-state index is 12.1. The van der Waals surface area contributed by atoms with Crippen molar-refractivity contribution in [2.45, 2.75) is 17.3 Å². The van der Waals surface area contributed by atoms with Gasteiger partial charge in [-0.2, -0.15) is 0 Å². The Bertz CT molecular complexity index is 592. The van der Waals surface area contributed by atoms with E-state index in [2.05, 4.69) is 0 Å². The van der Waals surface area contributed by atoms with Gasteiger partial charge in [0, 0.05) is 45.1 Å². The van der Waals surface area contributed by atoms with Gasteiger partial charge in [0.2, 0.25) is 0 Å². The van der Waals surface area contributed by atoms with Gasteiger partial charge in [0.15, 0.2) is 0 Å². The molecule has 0 aliphatic heterocycles. The zero-order valence-electron chi connectivity index (χ0n) is 11.5. The molecule has 0 amide bonds. The highest BCUT2D eigenvalue weighted by molar-refractivity contribution is 7.83. The lowest BCUT2D eigenvalue weighted by molar-refractivity contribution is 0.682. The second-order valence-electron chi connectivity index (χ2n) is 4.75. The van der Waals surface area contributed by atoms with Gasteiger partial charge in [-0.25, -0.2) is 0 Å². The Labute approximate surface area is 125 Å². The fraction of sp³-hybridized carbons (Fsp3) is 0.250. The Kier molecular flexibility index (Phi) is 5.68. The Morgan fingerprint density at radius 1 is 0.700 bits per heavy atom. The van der Waals surface area contributed by atoms with E-state index in [4.69, 9.17) is 0 Å². The van der Waals surface area contributed by atoms with Gasteiger partial charge >= 0.3 is 0 Å². The molecule has 2 nitrogen and oxygen atoms in total. The lowest BCUT2D eigenvalue weighted by atomic mass is 10.2. The number of hydrogen-bond donors (Lipinski definition) is 0. The third-order valence-corrected chi connectivity index (χ3v) is 4.94. The lowest BCUT2D eigenvalue weighted by Gasteiger charge is -2.04. The molecule has 2 atom stereocenters. The van der Waals surface area contributed by atoms with Crippen molar-refractivity contribution < 1.29 is 8.42 Å². The van der Waals surface area contributed by atoms with E-state index < -0.39 is 21.6 Å². The van der Waals surface area contributed by atoms with Crippen LogP contribution in [0, 0.1) is 0 Å². The maximum absolute atomic E-state index is 12.1. The predicted octanol–water partition coefficient (Wildman–Crippen LogP) is 3.01. The molecule has 2 unspecified atom stereocenters. The van der Waals surface area contributed by atoms with Gasteiger partial charge in [-0.1, -0.05) is 54.6 Å². The third kappa shape index (κ3) is 5.02. The Balaban J connectivity index is 1.93. The first-order chi connectivity index (χ1) is 9.63. The summed E-state index contributed by atoms with van der Waals surface area (Å²) in [6, 6.07) is 17.8. The Hall–Kier alpha value is -1.26. The highest BCUT2D eigenvalue weighted by Crippen LogP contribution is 2.11. The first-order valence-corrected chi connectivity index (χ1v) is 9.62. The normalized spacial score (nSPS) is 13.8. The van der Waals surface area contributed by atoms with E-state index in [9.17, 15) is 8.42 Å².